The molecule has 1 aliphatic carbocycles. The predicted octanol–water partition coefficient (Wildman–Crippen LogP) is 16.6. The van der Waals surface area contributed by atoms with Crippen LogP contribution < -0.4 is 4.90 Å². The lowest BCUT2D eigenvalue weighted by atomic mass is 9.73. The predicted molar refractivity (Wildman–Crippen MR) is 251 cm³/mol. The standard InChI is InChI=1S/C57H49NO/c1-5-14-51-52(15-6-2)57(3,4)53-37-36-50-49-23-13-22-48(55(49)59-56(50)54(51)53)42-28-34-45(35-29-42)58(43-30-24-39(25-31-43)38-16-8-7-9-17-38)44-32-26-41(27-33-44)47-21-12-19-40-18-10-11-20-46(40)47/h5,7-14,16-37,51-52H,6,15H2,1-4H3/b14-5-/t51-,52?/m0/s1. The number of furan rings is 1. The molecule has 0 bridgehead atoms. The number of anilines is 3. The van der Waals surface area contributed by atoms with Gasteiger partial charge < -0.3 is 9.32 Å². The van der Waals surface area contributed by atoms with Crippen molar-refractivity contribution in [2.24, 2.45) is 5.92 Å². The summed E-state index contributed by atoms with van der Waals surface area (Å²) in [5, 5.41) is 4.89. The first-order valence-corrected chi connectivity index (χ1v) is 21.2. The highest BCUT2D eigenvalue weighted by atomic mass is 16.3. The quantitative estimate of drug-likeness (QED) is 0.136. The summed E-state index contributed by atoms with van der Waals surface area (Å²) in [4.78, 5) is 2.35. The smallest absolute Gasteiger partial charge is 0.143 e. The third kappa shape index (κ3) is 6.26. The molecule has 2 atom stereocenters. The number of rotatable bonds is 9. The maximum Gasteiger partial charge on any atom is 0.143 e. The van der Waals surface area contributed by atoms with Crippen LogP contribution in [0.25, 0.3) is 66.1 Å². The summed E-state index contributed by atoms with van der Waals surface area (Å²) in [5.74, 6) is 0.877. The van der Waals surface area contributed by atoms with E-state index in [9.17, 15) is 0 Å². The molecule has 10 rings (SSSR count). The van der Waals surface area contributed by atoms with Gasteiger partial charge in [-0.3, -0.25) is 0 Å². The molecular weight excluding hydrogens is 715 g/mol. The summed E-state index contributed by atoms with van der Waals surface area (Å²) in [7, 11) is 0. The lowest BCUT2D eigenvalue weighted by Crippen LogP contribution is -2.25. The van der Waals surface area contributed by atoms with Gasteiger partial charge >= 0.3 is 0 Å². The Labute approximate surface area is 348 Å². The zero-order valence-electron chi connectivity index (χ0n) is 34.3. The van der Waals surface area contributed by atoms with Gasteiger partial charge in [-0.25, -0.2) is 0 Å². The summed E-state index contributed by atoms with van der Waals surface area (Å²) in [6, 6.07) is 64.0. The van der Waals surface area contributed by atoms with Crippen LogP contribution >= 0.6 is 0 Å². The lowest BCUT2D eigenvalue weighted by Gasteiger charge is -2.30. The minimum atomic E-state index is 0.0747. The van der Waals surface area contributed by atoms with Crippen LogP contribution in [0.3, 0.4) is 0 Å². The average Bonchev–Trinajstić information content (AvgIpc) is 3.77. The third-order valence-electron chi connectivity index (χ3n) is 13.0. The molecule has 59 heavy (non-hydrogen) atoms. The first-order valence-electron chi connectivity index (χ1n) is 21.2. The second-order valence-corrected chi connectivity index (χ2v) is 16.7. The van der Waals surface area contributed by atoms with Crippen molar-refractivity contribution in [2.75, 3.05) is 4.90 Å². The third-order valence-corrected chi connectivity index (χ3v) is 13.0. The largest absolute Gasteiger partial charge is 0.455 e. The van der Waals surface area contributed by atoms with Crippen molar-refractivity contribution in [3.8, 4) is 33.4 Å². The Balaban J connectivity index is 1.05. The van der Waals surface area contributed by atoms with Gasteiger partial charge in [0.25, 0.3) is 0 Å². The van der Waals surface area contributed by atoms with Gasteiger partial charge in [0, 0.05) is 44.9 Å². The highest BCUT2D eigenvalue weighted by molar-refractivity contribution is 6.11. The van der Waals surface area contributed by atoms with Crippen LogP contribution in [0.2, 0.25) is 0 Å². The Morgan fingerprint density at radius 2 is 1.07 bits per heavy atom. The Hall–Kier alpha value is -6.64. The number of benzene rings is 8. The van der Waals surface area contributed by atoms with E-state index in [-0.39, 0.29) is 5.41 Å². The molecule has 9 aromatic rings. The van der Waals surface area contributed by atoms with Gasteiger partial charge in [0.2, 0.25) is 0 Å². The molecule has 0 aliphatic heterocycles. The van der Waals surface area contributed by atoms with Gasteiger partial charge in [-0.15, -0.1) is 0 Å². The van der Waals surface area contributed by atoms with E-state index in [1.807, 2.05) is 0 Å². The van der Waals surface area contributed by atoms with E-state index in [1.165, 1.54) is 67.8 Å². The monoisotopic (exact) mass is 763 g/mol. The summed E-state index contributed by atoms with van der Waals surface area (Å²) < 4.78 is 7.07. The van der Waals surface area contributed by atoms with Crippen molar-refractivity contribution in [3.63, 3.8) is 0 Å². The van der Waals surface area contributed by atoms with Crippen LogP contribution in [0, 0.1) is 5.92 Å². The van der Waals surface area contributed by atoms with E-state index in [0.717, 1.165) is 39.4 Å². The molecule has 0 N–H and O–H groups in total. The first kappa shape index (κ1) is 36.7. The van der Waals surface area contributed by atoms with E-state index < -0.39 is 0 Å². The fraction of sp³-hybridized carbons (Fsp3) is 0.158. The van der Waals surface area contributed by atoms with Gasteiger partial charge in [0.05, 0.1) is 0 Å². The number of fused-ring (bicyclic) bond motifs is 6. The van der Waals surface area contributed by atoms with Crippen molar-refractivity contribution < 1.29 is 4.42 Å². The Morgan fingerprint density at radius 1 is 0.525 bits per heavy atom. The minimum Gasteiger partial charge on any atom is -0.455 e. The topological polar surface area (TPSA) is 16.4 Å². The number of nitrogens with zero attached hydrogens (tertiary/aromatic N) is 1. The van der Waals surface area contributed by atoms with Gasteiger partial charge in [0.15, 0.2) is 0 Å². The normalized spacial score (nSPS) is 16.0. The summed E-state index contributed by atoms with van der Waals surface area (Å²) >= 11 is 0. The van der Waals surface area contributed by atoms with Gasteiger partial charge in [-0.05, 0) is 105 Å². The highest BCUT2D eigenvalue weighted by Gasteiger charge is 2.46. The van der Waals surface area contributed by atoms with E-state index in [1.54, 1.807) is 0 Å². The maximum atomic E-state index is 7.07. The molecule has 288 valence electrons. The fourth-order valence-corrected chi connectivity index (χ4v) is 10.1. The van der Waals surface area contributed by atoms with Crippen LogP contribution in [0.1, 0.15) is 57.6 Å². The van der Waals surface area contributed by atoms with E-state index in [2.05, 4.69) is 221 Å². The first-order chi connectivity index (χ1) is 28.9. The van der Waals surface area contributed by atoms with Gasteiger partial charge in [-0.2, -0.15) is 0 Å². The molecule has 0 spiro atoms. The van der Waals surface area contributed by atoms with E-state index >= 15 is 0 Å². The highest BCUT2D eigenvalue weighted by Crippen LogP contribution is 2.56. The Morgan fingerprint density at radius 3 is 1.75 bits per heavy atom. The molecular formula is C57H49NO. The number of hydrogen-bond acceptors (Lipinski definition) is 2. The zero-order valence-corrected chi connectivity index (χ0v) is 34.3. The van der Waals surface area contributed by atoms with Crippen LogP contribution in [0.5, 0.6) is 0 Å². The summed E-state index contributed by atoms with van der Waals surface area (Å²) in [6.07, 6.45) is 7.01. The molecule has 2 nitrogen and oxygen atoms in total. The molecule has 1 aromatic heterocycles. The molecule has 0 fully saturated rings. The second-order valence-electron chi connectivity index (χ2n) is 16.7. The molecule has 8 aromatic carbocycles. The number of para-hydroxylation sites is 1. The molecule has 1 unspecified atom stereocenters. The van der Waals surface area contributed by atoms with Crippen molar-refractivity contribution in [2.45, 2.75) is 51.9 Å². The molecule has 0 saturated heterocycles. The van der Waals surface area contributed by atoms with Crippen molar-refractivity contribution >= 4 is 49.8 Å². The van der Waals surface area contributed by atoms with Gasteiger partial charge in [-0.1, -0.05) is 179 Å². The Kier molecular flexibility index (Phi) is 9.29. The average molecular weight is 764 g/mol. The SMILES string of the molecule is C/C=C\[C@@H]1c2c(ccc3c2oc2c(-c4ccc(N(c5ccc(-c6ccccc6)cc5)c5ccc(-c6cccc7ccccc67)cc5)cc4)cccc23)C(C)(C)C1CCC. The maximum absolute atomic E-state index is 7.07. The molecule has 0 saturated carbocycles. The van der Waals surface area contributed by atoms with Crippen LogP contribution in [-0.2, 0) is 5.41 Å². The van der Waals surface area contributed by atoms with Crippen LogP contribution in [-0.4, -0.2) is 0 Å². The molecule has 2 heteroatoms. The van der Waals surface area contributed by atoms with Gasteiger partial charge in [0.1, 0.15) is 11.2 Å². The molecule has 0 amide bonds. The zero-order chi connectivity index (χ0) is 40.1. The number of hydrogen-bond donors (Lipinski definition) is 0. The number of allylic oxidation sites excluding steroid dienone is 2. The summed E-state index contributed by atoms with van der Waals surface area (Å²) in [6.45, 7) is 9.32. The molecule has 1 aliphatic rings. The van der Waals surface area contributed by atoms with Crippen LogP contribution in [0.4, 0.5) is 17.1 Å². The van der Waals surface area contributed by atoms with Crippen LogP contribution in [0.15, 0.2) is 192 Å². The second kappa shape index (κ2) is 14.9. The lowest BCUT2D eigenvalue weighted by molar-refractivity contribution is 0.305. The van der Waals surface area contributed by atoms with Crippen molar-refractivity contribution in [3.05, 3.63) is 199 Å². The van der Waals surface area contributed by atoms with E-state index in [0.29, 0.717) is 11.8 Å². The summed E-state index contributed by atoms with van der Waals surface area (Å²) in [5.41, 5.74) is 15.3. The van der Waals surface area contributed by atoms with E-state index in [4.69, 9.17) is 4.42 Å². The fourth-order valence-electron chi connectivity index (χ4n) is 10.1. The molecule has 1 heterocycles. The molecule has 0 radical (unpaired) electrons. The van der Waals surface area contributed by atoms with Crippen molar-refractivity contribution in [1.29, 1.82) is 0 Å². The minimum absolute atomic E-state index is 0.0747. The Bertz CT molecular complexity index is 2960. The van der Waals surface area contributed by atoms with Crippen molar-refractivity contribution in [1.82, 2.24) is 0 Å².